The lowest BCUT2D eigenvalue weighted by Gasteiger charge is -1.97. The Labute approximate surface area is 68.2 Å². The molecule has 0 atom stereocenters. The highest BCUT2D eigenvalue weighted by molar-refractivity contribution is 5.12. The lowest BCUT2D eigenvalue weighted by molar-refractivity contribution is 0.744. The van der Waals surface area contributed by atoms with E-state index in [9.17, 15) is 0 Å². The summed E-state index contributed by atoms with van der Waals surface area (Å²) in [5.74, 6) is 0. The Bertz CT molecular complexity index is 181. The van der Waals surface area contributed by atoms with Gasteiger partial charge in [-0.2, -0.15) is 0 Å². The lowest BCUT2D eigenvalue weighted by atomic mass is 10.1. The number of rotatable bonds is 4. The van der Waals surface area contributed by atoms with Crippen LogP contribution in [0.15, 0.2) is 24.3 Å². The van der Waals surface area contributed by atoms with Crippen LogP contribution in [0.4, 0.5) is 0 Å². The van der Waals surface area contributed by atoms with E-state index < -0.39 is 0 Å². The Morgan fingerprint density at radius 1 is 1.27 bits per heavy atom. The van der Waals surface area contributed by atoms with Crippen molar-refractivity contribution in [3.63, 3.8) is 0 Å². The summed E-state index contributed by atoms with van der Waals surface area (Å²) in [7, 11) is 0. The van der Waals surface area contributed by atoms with E-state index in [4.69, 9.17) is 5.73 Å². The summed E-state index contributed by atoms with van der Waals surface area (Å²) in [6, 6.07) is 11.3. The van der Waals surface area contributed by atoms with Gasteiger partial charge in [0.1, 0.15) is 0 Å². The molecule has 0 bridgehead atoms. The Kier molecular flexibility index (Phi) is 3.70. The Morgan fingerprint density at radius 3 is 2.82 bits per heavy atom. The first-order chi connectivity index (χ1) is 5.43. The highest BCUT2D eigenvalue weighted by atomic mass is 14.5. The van der Waals surface area contributed by atoms with Gasteiger partial charge in [-0.25, -0.2) is 0 Å². The van der Waals surface area contributed by atoms with Crippen molar-refractivity contribution < 1.29 is 0 Å². The zero-order valence-electron chi connectivity index (χ0n) is 6.72. The summed E-state index contributed by atoms with van der Waals surface area (Å²) in [4.78, 5) is 0. The van der Waals surface area contributed by atoms with Crippen molar-refractivity contribution in [2.75, 3.05) is 6.54 Å². The minimum atomic E-state index is 0.798. The maximum Gasteiger partial charge on any atom is -0.00772 e. The second-order valence-electron chi connectivity index (χ2n) is 2.63. The van der Waals surface area contributed by atoms with E-state index in [1.807, 2.05) is 18.2 Å². The summed E-state index contributed by atoms with van der Waals surface area (Å²) < 4.78 is 0. The quantitative estimate of drug-likeness (QED) is 0.647. The first-order valence-electron chi connectivity index (χ1n) is 4.09. The van der Waals surface area contributed by atoms with E-state index in [0.29, 0.717) is 0 Å². The molecule has 1 aromatic carbocycles. The topological polar surface area (TPSA) is 26.0 Å². The molecule has 0 aliphatic carbocycles. The molecule has 0 spiro atoms. The lowest BCUT2D eigenvalue weighted by Crippen LogP contribution is -1.98. The van der Waals surface area contributed by atoms with Crippen molar-refractivity contribution in [2.24, 2.45) is 5.73 Å². The van der Waals surface area contributed by atoms with Crippen molar-refractivity contribution in [1.82, 2.24) is 0 Å². The molecule has 59 valence electrons. The number of unbranched alkanes of at least 4 members (excludes halogenated alkanes) is 1. The zero-order valence-corrected chi connectivity index (χ0v) is 6.72. The molecule has 1 radical (unpaired) electrons. The predicted molar refractivity (Wildman–Crippen MR) is 47.3 cm³/mol. The van der Waals surface area contributed by atoms with E-state index in [-0.39, 0.29) is 0 Å². The van der Waals surface area contributed by atoms with Crippen LogP contribution in [0.5, 0.6) is 0 Å². The van der Waals surface area contributed by atoms with Crippen LogP contribution < -0.4 is 5.73 Å². The van der Waals surface area contributed by atoms with Crippen LogP contribution in [-0.2, 0) is 6.42 Å². The van der Waals surface area contributed by atoms with Crippen molar-refractivity contribution >= 4 is 0 Å². The molecule has 0 saturated carbocycles. The largest absolute Gasteiger partial charge is 0.330 e. The third-order valence-electron chi connectivity index (χ3n) is 1.67. The molecule has 1 nitrogen and oxygen atoms in total. The minimum absolute atomic E-state index is 0.798. The molecule has 0 unspecified atom stereocenters. The molecule has 1 aromatic rings. The average Bonchev–Trinajstić information content (AvgIpc) is 2.07. The average molecular weight is 148 g/mol. The molecule has 1 heteroatoms. The summed E-state index contributed by atoms with van der Waals surface area (Å²) in [5, 5.41) is 0. The molecule has 0 fully saturated rings. The molecular formula is C10H14N. The zero-order chi connectivity index (χ0) is 7.94. The van der Waals surface area contributed by atoms with E-state index in [1.54, 1.807) is 0 Å². The maximum atomic E-state index is 5.38. The smallest absolute Gasteiger partial charge is 0.00772 e. The fourth-order valence-corrected chi connectivity index (χ4v) is 1.05. The molecule has 0 aliphatic heterocycles. The molecular weight excluding hydrogens is 134 g/mol. The van der Waals surface area contributed by atoms with Crippen LogP contribution in [0.3, 0.4) is 0 Å². The number of hydrogen-bond acceptors (Lipinski definition) is 1. The normalized spacial score (nSPS) is 9.91. The summed E-state index contributed by atoms with van der Waals surface area (Å²) in [5.41, 5.74) is 6.68. The van der Waals surface area contributed by atoms with Crippen LogP contribution in [0.2, 0.25) is 0 Å². The molecule has 2 N–H and O–H groups in total. The first kappa shape index (κ1) is 8.28. The number of benzene rings is 1. The van der Waals surface area contributed by atoms with Gasteiger partial charge in [0, 0.05) is 0 Å². The molecule has 0 aliphatic rings. The third-order valence-corrected chi connectivity index (χ3v) is 1.67. The van der Waals surface area contributed by atoms with Gasteiger partial charge in [0.2, 0.25) is 0 Å². The second kappa shape index (κ2) is 4.91. The van der Waals surface area contributed by atoms with Crippen molar-refractivity contribution in [1.29, 1.82) is 0 Å². The van der Waals surface area contributed by atoms with Crippen LogP contribution in [0.25, 0.3) is 0 Å². The molecule has 0 aromatic heterocycles. The Morgan fingerprint density at radius 2 is 2.18 bits per heavy atom. The van der Waals surface area contributed by atoms with Gasteiger partial charge in [0.25, 0.3) is 0 Å². The van der Waals surface area contributed by atoms with Crippen LogP contribution in [0.1, 0.15) is 18.4 Å². The monoisotopic (exact) mass is 148 g/mol. The van der Waals surface area contributed by atoms with E-state index in [0.717, 1.165) is 19.4 Å². The molecule has 0 saturated heterocycles. The van der Waals surface area contributed by atoms with Crippen LogP contribution >= 0.6 is 0 Å². The van der Waals surface area contributed by atoms with Gasteiger partial charge >= 0.3 is 0 Å². The van der Waals surface area contributed by atoms with Crippen LogP contribution in [-0.4, -0.2) is 6.54 Å². The predicted octanol–water partition coefficient (Wildman–Crippen LogP) is 1.77. The fourth-order valence-electron chi connectivity index (χ4n) is 1.05. The summed E-state index contributed by atoms with van der Waals surface area (Å²) >= 11 is 0. The number of hydrogen-bond donors (Lipinski definition) is 1. The minimum Gasteiger partial charge on any atom is -0.330 e. The van der Waals surface area contributed by atoms with Gasteiger partial charge in [-0.1, -0.05) is 24.3 Å². The van der Waals surface area contributed by atoms with Gasteiger partial charge in [-0.05, 0) is 37.4 Å². The number of nitrogens with two attached hydrogens (primary N) is 1. The second-order valence-corrected chi connectivity index (χ2v) is 2.63. The summed E-state index contributed by atoms with van der Waals surface area (Å²) in [6.07, 6.45) is 3.40. The molecule has 1 rings (SSSR count). The van der Waals surface area contributed by atoms with Gasteiger partial charge in [0.05, 0.1) is 0 Å². The molecule has 0 heterocycles. The third kappa shape index (κ3) is 3.19. The van der Waals surface area contributed by atoms with E-state index in [2.05, 4.69) is 12.1 Å². The molecule has 11 heavy (non-hydrogen) atoms. The Hall–Kier alpha value is -0.820. The highest BCUT2D eigenvalue weighted by Gasteiger charge is 1.89. The maximum absolute atomic E-state index is 5.38. The number of aryl methyl sites for hydroxylation is 1. The van der Waals surface area contributed by atoms with Gasteiger partial charge < -0.3 is 5.73 Å². The standard InChI is InChI=1S/C10H14N/c11-9-5-4-8-10-6-2-1-3-7-10/h1-3,6H,4-5,8-9,11H2. The van der Waals surface area contributed by atoms with Crippen molar-refractivity contribution in [3.05, 3.63) is 35.9 Å². The van der Waals surface area contributed by atoms with E-state index >= 15 is 0 Å². The van der Waals surface area contributed by atoms with Gasteiger partial charge in [-0.15, -0.1) is 0 Å². The van der Waals surface area contributed by atoms with Crippen molar-refractivity contribution in [2.45, 2.75) is 19.3 Å². The van der Waals surface area contributed by atoms with Crippen LogP contribution in [0, 0.1) is 6.07 Å². The van der Waals surface area contributed by atoms with Gasteiger partial charge in [0.15, 0.2) is 0 Å². The van der Waals surface area contributed by atoms with E-state index in [1.165, 1.54) is 12.0 Å². The SMILES string of the molecule is NCCCCc1[c]cccc1. The van der Waals surface area contributed by atoms with Crippen molar-refractivity contribution in [3.8, 4) is 0 Å². The molecule has 0 amide bonds. The highest BCUT2D eigenvalue weighted by Crippen LogP contribution is 2.02. The van der Waals surface area contributed by atoms with Gasteiger partial charge in [-0.3, -0.25) is 0 Å². The summed E-state index contributed by atoms with van der Waals surface area (Å²) in [6.45, 7) is 0.798. The fraction of sp³-hybridized carbons (Fsp3) is 0.400. The Balaban J connectivity index is 2.28. The first-order valence-corrected chi connectivity index (χ1v) is 4.09.